The molecule has 0 unspecified atom stereocenters. The van der Waals surface area contributed by atoms with Gasteiger partial charge in [-0.3, -0.25) is 4.79 Å². The van der Waals surface area contributed by atoms with Crippen LogP contribution >= 0.6 is 11.3 Å². The van der Waals surface area contributed by atoms with Gasteiger partial charge in [0, 0.05) is 36.8 Å². The predicted octanol–water partition coefficient (Wildman–Crippen LogP) is 3.89. The summed E-state index contributed by atoms with van der Waals surface area (Å²) < 4.78 is 5.15. The lowest BCUT2D eigenvalue weighted by Crippen LogP contribution is -2.44. The summed E-state index contributed by atoms with van der Waals surface area (Å²) in [6.07, 6.45) is 9.95. The van der Waals surface area contributed by atoms with E-state index in [4.69, 9.17) is 9.72 Å². The second-order valence-corrected chi connectivity index (χ2v) is 8.59. The molecule has 2 aromatic heterocycles. The van der Waals surface area contributed by atoms with Crippen molar-refractivity contribution in [2.24, 2.45) is 5.41 Å². The van der Waals surface area contributed by atoms with Crippen molar-refractivity contribution < 1.29 is 14.3 Å². The molecule has 0 spiro atoms. The van der Waals surface area contributed by atoms with E-state index in [2.05, 4.69) is 15.6 Å². The quantitative estimate of drug-likeness (QED) is 0.392. The molecule has 1 aliphatic carbocycles. The standard InChI is InChI=1S/C22H30N4O3S/c27-13-15-29-14-5-4-11-23-20(28)22(9-2-1-3-10-22)17-18-7-6-8-19(25-18)26-21-24-12-16-30-21/h6-8,12-13,16H,1-5,9-11,14-15,17H2,(H,23,28)(H,24,25,26). The molecule has 0 bridgehead atoms. The van der Waals surface area contributed by atoms with Gasteiger partial charge in [-0.05, 0) is 37.8 Å². The summed E-state index contributed by atoms with van der Waals surface area (Å²) in [5.74, 6) is 0.889. The number of pyridine rings is 1. The molecule has 1 fully saturated rings. The van der Waals surface area contributed by atoms with Gasteiger partial charge in [-0.1, -0.05) is 25.3 Å². The lowest BCUT2D eigenvalue weighted by molar-refractivity contribution is -0.133. The van der Waals surface area contributed by atoms with Crippen LogP contribution in [-0.4, -0.2) is 41.9 Å². The molecule has 162 valence electrons. The van der Waals surface area contributed by atoms with Gasteiger partial charge in [0.2, 0.25) is 5.91 Å². The van der Waals surface area contributed by atoms with E-state index in [-0.39, 0.29) is 17.9 Å². The monoisotopic (exact) mass is 430 g/mol. The molecular formula is C22H30N4O3S. The van der Waals surface area contributed by atoms with Gasteiger partial charge in [0.05, 0.1) is 5.41 Å². The van der Waals surface area contributed by atoms with E-state index in [1.165, 1.54) is 17.8 Å². The Morgan fingerprint density at radius 3 is 2.87 bits per heavy atom. The van der Waals surface area contributed by atoms with Gasteiger partial charge in [-0.15, -0.1) is 11.3 Å². The van der Waals surface area contributed by atoms with Crippen molar-refractivity contribution in [1.29, 1.82) is 0 Å². The third kappa shape index (κ3) is 6.60. The smallest absolute Gasteiger partial charge is 0.226 e. The number of rotatable bonds is 12. The molecule has 7 nitrogen and oxygen atoms in total. The fourth-order valence-corrected chi connectivity index (χ4v) is 4.49. The fourth-order valence-electron chi connectivity index (χ4n) is 3.95. The van der Waals surface area contributed by atoms with Gasteiger partial charge in [0.1, 0.15) is 18.7 Å². The van der Waals surface area contributed by atoms with Crippen molar-refractivity contribution in [1.82, 2.24) is 15.3 Å². The number of nitrogens with zero attached hydrogens (tertiary/aromatic N) is 2. The molecule has 0 saturated heterocycles. The van der Waals surface area contributed by atoms with E-state index < -0.39 is 0 Å². The molecule has 30 heavy (non-hydrogen) atoms. The minimum Gasteiger partial charge on any atom is -0.374 e. The van der Waals surface area contributed by atoms with Crippen LogP contribution < -0.4 is 10.6 Å². The highest BCUT2D eigenvalue weighted by Crippen LogP contribution is 2.39. The van der Waals surface area contributed by atoms with Crippen molar-refractivity contribution in [3.05, 3.63) is 35.5 Å². The molecule has 3 rings (SSSR count). The largest absolute Gasteiger partial charge is 0.374 e. The Balaban J connectivity index is 1.58. The molecule has 1 aliphatic rings. The van der Waals surface area contributed by atoms with Gasteiger partial charge in [-0.2, -0.15) is 0 Å². The summed E-state index contributed by atoms with van der Waals surface area (Å²) in [4.78, 5) is 32.4. The van der Waals surface area contributed by atoms with Gasteiger partial charge < -0.3 is 20.2 Å². The number of hydrogen-bond acceptors (Lipinski definition) is 7. The number of anilines is 2. The summed E-state index contributed by atoms with van der Waals surface area (Å²) in [7, 11) is 0. The maximum Gasteiger partial charge on any atom is 0.226 e. The highest BCUT2D eigenvalue weighted by molar-refractivity contribution is 7.13. The minimum absolute atomic E-state index is 0.135. The first-order valence-electron chi connectivity index (χ1n) is 10.6. The van der Waals surface area contributed by atoms with Crippen molar-refractivity contribution in [3.63, 3.8) is 0 Å². The Labute approximate surface area is 181 Å². The van der Waals surface area contributed by atoms with Crippen molar-refractivity contribution in [2.75, 3.05) is 25.1 Å². The zero-order chi connectivity index (χ0) is 21.1. The molecule has 0 atom stereocenters. The molecule has 1 amide bonds. The maximum absolute atomic E-state index is 13.2. The lowest BCUT2D eigenvalue weighted by atomic mass is 9.70. The van der Waals surface area contributed by atoms with Gasteiger partial charge >= 0.3 is 0 Å². The number of aldehydes is 1. The first-order chi connectivity index (χ1) is 14.7. The molecule has 2 N–H and O–H groups in total. The van der Waals surface area contributed by atoms with E-state index >= 15 is 0 Å². The second-order valence-electron chi connectivity index (χ2n) is 7.70. The Hall–Kier alpha value is -2.32. The summed E-state index contributed by atoms with van der Waals surface area (Å²) in [6, 6.07) is 5.90. The average Bonchev–Trinajstić information content (AvgIpc) is 3.27. The van der Waals surface area contributed by atoms with Crippen LogP contribution in [0.2, 0.25) is 0 Å². The molecule has 1 saturated carbocycles. The number of ether oxygens (including phenoxy) is 1. The van der Waals surface area contributed by atoms with Gasteiger partial charge in [0.15, 0.2) is 5.13 Å². The highest BCUT2D eigenvalue weighted by Gasteiger charge is 2.39. The number of thiazole rings is 1. The number of amides is 1. The molecule has 2 aromatic rings. The van der Waals surface area contributed by atoms with Crippen LogP contribution in [0.3, 0.4) is 0 Å². The first kappa shape index (κ1) is 22.4. The number of carbonyl (C=O) groups excluding carboxylic acids is 2. The third-order valence-corrected chi connectivity index (χ3v) is 6.16. The van der Waals surface area contributed by atoms with Gasteiger partial charge in [-0.25, -0.2) is 9.97 Å². The fraction of sp³-hybridized carbons (Fsp3) is 0.545. The van der Waals surface area contributed by atoms with Crippen molar-refractivity contribution in [3.8, 4) is 0 Å². The Bertz CT molecular complexity index is 791. The SMILES string of the molecule is O=CCOCCCCNC(=O)C1(Cc2cccc(Nc3nccs3)n2)CCCCC1. The molecule has 0 radical (unpaired) electrons. The summed E-state index contributed by atoms with van der Waals surface area (Å²) in [5, 5.41) is 9.09. The number of hydrogen-bond donors (Lipinski definition) is 2. The molecular weight excluding hydrogens is 400 g/mol. The average molecular weight is 431 g/mol. The summed E-state index contributed by atoms with van der Waals surface area (Å²) in [5.41, 5.74) is 0.537. The van der Waals surface area contributed by atoms with E-state index in [1.54, 1.807) is 6.20 Å². The minimum atomic E-state index is -0.390. The van der Waals surface area contributed by atoms with Crippen LogP contribution in [0.1, 0.15) is 50.6 Å². The zero-order valence-electron chi connectivity index (χ0n) is 17.3. The Morgan fingerprint density at radius 1 is 1.23 bits per heavy atom. The molecule has 8 heteroatoms. The van der Waals surface area contributed by atoms with Crippen LogP contribution in [0.25, 0.3) is 0 Å². The van der Waals surface area contributed by atoms with Crippen LogP contribution in [0.5, 0.6) is 0 Å². The van der Waals surface area contributed by atoms with Gasteiger partial charge in [0.25, 0.3) is 0 Å². The summed E-state index contributed by atoms with van der Waals surface area (Å²) in [6.45, 7) is 1.31. The van der Waals surface area contributed by atoms with Crippen LogP contribution in [0.4, 0.5) is 10.9 Å². The molecule has 2 heterocycles. The van der Waals surface area contributed by atoms with E-state index in [1.807, 2.05) is 23.6 Å². The number of nitrogens with one attached hydrogen (secondary N) is 2. The van der Waals surface area contributed by atoms with E-state index in [0.29, 0.717) is 19.6 Å². The normalized spacial score (nSPS) is 15.5. The van der Waals surface area contributed by atoms with E-state index in [0.717, 1.165) is 61.5 Å². The highest BCUT2D eigenvalue weighted by atomic mass is 32.1. The number of carbonyl (C=O) groups is 2. The Morgan fingerprint density at radius 2 is 2.10 bits per heavy atom. The lowest BCUT2D eigenvalue weighted by Gasteiger charge is -2.35. The topological polar surface area (TPSA) is 93.2 Å². The van der Waals surface area contributed by atoms with Crippen LogP contribution in [0, 0.1) is 5.41 Å². The second kappa shape index (κ2) is 11.8. The predicted molar refractivity (Wildman–Crippen MR) is 118 cm³/mol. The van der Waals surface area contributed by atoms with Crippen LogP contribution in [-0.2, 0) is 20.7 Å². The number of aromatic nitrogens is 2. The zero-order valence-corrected chi connectivity index (χ0v) is 18.1. The number of unbranched alkanes of at least 4 members (excludes halogenated alkanes) is 1. The van der Waals surface area contributed by atoms with Crippen molar-refractivity contribution >= 4 is 34.5 Å². The van der Waals surface area contributed by atoms with Crippen molar-refractivity contribution in [2.45, 2.75) is 51.4 Å². The van der Waals surface area contributed by atoms with E-state index in [9.17, 15) is 9.59 Å². The summed E-state index contributed by atoms with van der Waals surface area (Å²) >= 11 is 1.53. The van der Waals surface area contributed by atoms with Crippen LogP contribution in [0.15, 0.2) is 29.8 Å². The third-order valence-electron chi connectivity index (χ3n) is 5.47. The molecule has 0 aromatic carbocycles. The maximum atomic E-state index is 13.2. The molecule has 0 aliphatic heterocycles. The Kier molecular flexibility index (Phi) is 8.77. The first-order valence-corrected chi connectivity index (χ1v) is 11.5.